The summed E-state index contributed by atoms with van der Waals surface area (Å²) >= 11 is 0. The van der Waals surface area contributed by atoms with Gasteiger partial charge >= 0.3 is 0 Å². The van der Waals surface area contributed by atoms with Gasteiger partial charge < -0.3 is 10.0 Å². The minimum absolute atomic E-state index is 0.157. The van der Waals surface area contributed by atoms with E-state index in [4.69, 9.17) is 0 Å². The molecule has 3 rings (SSSR count). The second-order valence-electron chi connectivity index (χ2n) is 6.62. The number of hydrogen-bond acceptors (Lipinski definition) is 4. The van der Waals surface area contributed by atoms with E-state index in [1.807, 2.05) is 52.0 Å². The van der Waals surface area contributed by atoms with Crippen molar-refractivity contribution in [3.63, 3.8) is 0 Å². The van der Waals surface area contributed by atoms with Crippen molar-refractivity contribution >= 4 is 11.6 Å². The molecule has 1 aliphatic rings. The van der Waals surface area contributed by atoms with Crippen LogP contribution in [0.1, 0.15) is 65.4 Å². The Hall–Kier alpha value is -2.36. The summed E-state index contributed by atoms with van der Waals surface area (Å²) in [7, 11) is 0. The number of aromatic hydroxyl groups is 1. The average molecular weight is 385 g/mol. The van der Waals surface area contributed by atoms with Crippen molar-refractivity contribution in [1.29, 1.82) is 0 Å². The van der Waals surface area contributed by atoms with Crippen LogP contribution in [0.15, 0.2) is 48.7 Å². The molecule has 1 aliphatic heterocycles. The lowest BCUT2D eigenvalue weighted by molar-refractivity contribution is -0.123. The summed E-state index contributed by atoms with van der Waals surface area (Å²) in [5, 5.41) is 9.32. The van der Waals surface area contributed by atoms with E-state index < -0.39 is 0 Å². The average Bonchev–Trinajstić information content (AvgIpc) is 2.78. The van der Waals surface area contributed by atoms with Crippen LogP contribution in [0.4, 0.5) is 5.82 Å². The highest BCUT2D eigenvalue weighted by Crippen LogP contribution is 2.27. The highest BCUT2D eigenvalue weighted by molar-refractivity contribution is 5.82. The minimum atomic E-state index is 0.157. The van der Waals surface area contributed by atoms with Crippen LogP contribution in [0.3, 0.4) is 0 Å². The Labute approximate surface area is 170 Å². The maximum atomic E-state index is 12.6. The molecular weight excluding hydrogens is 348 g/mol. The number of Topliss-reactive ketones (excluding diaryl/α,β-unsaturated/α-hetero) is 1. The van der Waals surface area contributed by atoms with E-state index in [0.717, 1.165) is 31.7 Å². The van der Waals surface area contributed by atoms with Gasteiger partial charge in [0.2, 0.25) is 0 Å². The first-order valence-electron chi connectivity index (χ1n) is 10.6. The number of anilines is 1. The number of carbonyl (C=O) groups is 1. The molecule has 1 unspecified atom stereocenters. The first-order valence-corrected chi connectivity index (χ1v) is 10.6. The van der Waals surface area contributed by atoms with Gasteiger partial charge in [0, 0.05) is 25.4 Å². The summed E-state index contributed by atoms with van der Waals surface area (Å²) in [6.45, 7) is 11.8. The van der Waals surface area contributed by atoms with E-state index in [-0.39, 0.29) is 17.6 Å². The number of ketones is 1. The smallest absolute Gasteiger partial charge is 0.136 e. The first-order chi connectivity index (χ1) is 13.6. The molecule has 1 aromatic carbocycles. The topological polar surface area (TPSA) is 53.4 Å². The number of hydrogen-bond donors (Lipinski definition) is 1. The summed E-state index contributed by atoms with van der Waals surface area (Å²) in [5.74, 6) is 1.86. The molecule has 1 aromatic heterocycles. The summed E-state index contributed by atoms with van der Waals surface area (Å²) in [4.78, 5) is 19.0. The third-order valence-corrected chi connectivity index (χ3v) is 4.88. The molecule has 2 aromatic rings. The Morgan fingerprint density at radius 2 is 1.68 bits per heavy atom. The van der Waals surface area contributed by atoms with Gasteiger partial charge in [0.05, 0.1) is 6.20 Å². The summed E-state index contributed by atoms with van der Waals surface area (Å²) in [6, 6.07) is 13.7. The zero-order chi connectivity index (χ0) is 20.9. The molecule has 1 saturated heterocycles. The van der Waals surface area contributed by atoms with Crippen molar-refractivity contribution in [2.45, 2.75) is 59.8 Å². The molecule has 28 heavy (non-hydrogen) atoms. The Kier molecular flexibility index (Phi) is 10.9. The van der Waals surface area contributed by atoms with Crippen molar-refractivity contribution in [2.75, 3.05) is 18.0 Å². The van der Waals surface area contributed by atoms with Crippen LogP contribution in [0, 0.1) is 5.92 Å². The molecule has 154 valence electrons. The number of aromatic nitrogens is 1. The lowest BCUT2D eigenvalue weighted by Gasteiger charge is -2.32. The van der Waals surface area contributed by atoms with Crippen molar-refractivity contribution in [1.82, 2.24) is 4.98 Å². The minimum Gasteiger partial charge on any atom is -0.506 e. The lowest BCUT2D eigenvalue weighted by atomic mass is 9.86. The van der Waals surface area contributed by atoms with Gasteiger partial charge in [0.15, 0.2) is 0 Å². The fraction of sp³-hybridized carbons (Fsp3) is 0.500. The molecule has 4 heteroatoms. The van der Waals surface area contributed by atoms with Crippen LogP contribution < -0.4 is 4.90 Å². The second-order valence-corrected chi connectivity index (χ2v) is 6.62. The maximum Gasteiger partial charge on any atom is 0.136 e. The molecule has 1 atom stereocenters. The molecule has 2 heterocycles. The molecule has 0 amide bonds. The largest absolute Gasteiger partial charge is 0.506 e. The van der Waals surface area contributed by atoms with E-state index in [9.17, 15) is 9.90 Å². The molecule has 0 saturated carbocycles. The fourth-order valence-electron chi connectivity index (χ4n) is 3.36. The zero-order valence-electron chi connectivity index (χ0n) is 18.1. The fourth-order valence-corrected chi connectivity index (χ4v) is 3.36. The van der Waals surface area contributed by atoms with Gasteiger partial charge in [-0.1, -0.05) is 65.0 Å². The van der Waals surface area contributed by atoms with Crippen molar-refractivity contribution in [3.8, 4) is 5.75 Å². The predicted molar refractivity (Wildman–Crippen MR) is 118 cm³/mol. The van der Waals surface area contributed by atoms with Crippen LogP contribution in [0.25, 0.3) is 0 Å². The summed E-state index contributed by atoms with van der Waals surface area (Å²) < 4.78 is 0. The number of pyridine rings is 1. The van der Waals surface area contributed by atoms with Gasteiger partial charge in [-0.3, -0.25) is 4.79 Å². The summed E-state index contributed by atoms with van der Waals surface area (Å²) in [6.07, 6.45) is 3.84. The standard InChI is InChI=1S/C20H24N2O2.2C2H6/c1-15(16-5-3-2-4-6-16)13-19(24)17-9-11-22(12-10-17)20-8-7-18(23)14-21-20;2*1-2/h2-8,14-15,17,23H,9-13H2,1H3;2*1-2H3. The van der Waals surface area contributed by atoms with E-state index >= 15 is 0 Å². The third kappa shape index (κ3) is 6.99. The predicted octanol–water partition coefficient (Wildman–Crippen LogP) is 5.82. The van der Waals surface area contributed by atoms with Gasteiger partial charge in [-0.25, -0.2) is 4.98 Å². The lowest BCUT2D eigenvalue weighted by Crippen LogP contribution is -2.37. The van der Waals surface area contributed by atoms with E-state index in [0.29, 0.717) is 12.2 Å². The molecule has 0 aliphatic carbocycles. The monoisotopic (exact) mass is 384 g/mol. The van der Waals surface area contributed by atoms with Crippen LogP contribution in [-0.2, 0) is 4.79 Å². The number of rotatable bonds is 5. The Bertz CT molecular complexity index is 663. The van der Waals surface area contributed by atoms with Crippen molar-refractivity contribution in [2.24, 2.45) is 5.92 Å². The van der Waals surface area contributed by atoms with Crippen LogP contribution >= 0.6 is 0 Å². The molecule has 0 radical (unpaired) electrons. The van der Waals surface area contributed by atoms with Crippen LogP contribution in [0.5, 0.6) is 5.75 Å². The van der Waals surface area contributed by atoms with E-state index in [2.05, 4.69) is 28.9 Å². The Morgan fingerprint density at radius 1 is 1.07 bits per heavy atom. The zero-order valence-corrected chi connectivity index (χ0v) is 18.1. The van der Waals surface area contributed by atoms with Crippen LogP contribution in [-0.4, -0.2) is 29.0 Å². The normalized spacial score (nSPS) is 14.8. The quantitative estimate of drug-likeness (QED) is 0.706. The number of nitrogens with zero attached hydrogens (tertiary/aromatic N) is 2. The molecule has 1 N–H and O–H groups in total. The number of benzene rings is 1. The first kappa shape index (κ1) is 23.7. The molecular formula is C24H36N2O2. The van der Waals surface area contributed by atoms with Gasteiger partial charge in [0.25, 0.3) is 0 Å². The highest BCUT2D eigenvalue weighted by atomic mass is 16.3. The third-order valence-electron chi connectivity index (χ3n) is 4.88. The van der Waals surface area contributed by atoms with Gasteiger partial charge in [-0.2, -0.15) is 0 Å². The van der Waals surface area contributed by atoms with Gasteiger partial charge in [0.1, 0.15) is 17.4 Å². The van der Waals surface area contributed by atoms with E-state index in [1.54, 1.807) is 6.07 Å². The molecule has 4 nitrogen and oxygen atoms in total. The maximum absolute atomic E-state index is 12.6. The molecule has 0 spiro atoms. The van der Waals surface area contributed by atoms with Crippen molar-refractivity contribution < 1.29 is 9.90 Å². The number of piperidine rings is 1. The van der Waals surface area contributed by atoms with Crippen molar-refractivity contribution in [3.05, 3.63) is 54.2 Å². The SMILES string of the molecule is CC.CC.CC(CC(=O)C1CCN(c2ccc(O)cn2)CC1)c1ccccc1. The van der Waals surface area contributed by atoms with Crippen LogP contribution in [0.2, 0.25) is 0 Å². The second kappa shape index (κ2) is 12.9. The highest BCUT2D eigenvalue weighted by Gasteiger charge is 2.26. The van der Waals surface area contributed by atoms with Gasteiger partial charge in [-0.05, 0) is 36.5 Å². The Balaban J connectivity index is 0.000000921. The van der Waals surface area contributed by atoms with Gasteiger partial charge in [-0.15, -0.1) is 0 Å². The van der Waals surface area contributed by atoms with E-state index in [1.165, 1.54) is 11.8 Å². The molecule has 1 fully saturated rings. The molecule has 0 bridgehead atoms. The number of carbonyl (C=O) groups excluding carboxylic acids is 1. The Morgan fingerprint density at radius 3 is 2.21 bits per heavy atom. The summed E-state index contributed by atoms with van der Waals surface area (Å²) in [5.41, 5.74) is 1.23.